The van der Waals surface area contributed by atoms with Gasteiger partial charge in [0, 0.05) is 91.9 Å². The number of hydrogen-bond acceptors (Lipinski definition) is 12. The lowest BCUT2D eigenvalue weighted by atomic mass is 10.1. The van der Waals surface area contributed by atoms with E-state index in [1.807, 2.05) is 58.5 Å². The molecule has 17 nitrogen and oxygen atoms in total. The lowest BCUT2D eigenvalue weighted by molar-refractivity contribution is -0.111. The number of methoxy groups -OCH3 is 2. The molecule has 1 aliphatic carbocycles. The summed E-state index contributed by atoms with van der Waals surface area (Å²) < 4.78 is 19.0. The maximum absolute atomic E-state index is 12.2. The van der Waals surface area contributed by atoms with Crippen LogP contribution in [0.3, 0.4) is 0 Å². The van der Waals surface area contributed by atoms with Gasteiger partial charge in [-0.25, -0.2) is 14.8 Å². The van der Waals surface area contributed by atoms with E-state index >= 15 is 0 Å². The van der Waals surface area contributed by atoms with Crippen LogP contribution in [-0.4, -0.2) is 96.8 Å². The van der Waals surface area contributed by atoms with Gasteiger partial charge in [-0.15, -0.1) is 0 Å². The standard InChI is InChI=1S/C28H33N7O2.C21H19ClN4O4/c1-7-27(36)30-22-16-23(26(37-6)17-25(22)34(4)15-14-33(2)3)32-28-29-13-12-21(31-28)20-18-35(5)24-11-9-8-10-19(20)24;1-29-19-10-17-13(9-14(19)20(23)27)18(6-7-24-17)30-12-4-5-16(15(22)8-12)26-21(28)25-11-2-3-11/h7-13,16-18H,1,14-15H2,2-6H3,(H,30,36)(H,29,31,32);4-11H,2-3H2,1H3,(H2,23,27)(H2,25,26,28). The number of nitrogens with zero attached hydrogens (tertiary/aromatic N) is 6. The van der Waals surface area contributed by atoms with Gasteiger partial charge < -0.3 is 55.6 Å². The van der Waals surface area contributed by atoms with Gasteiger partial charge in [0.05, 0.1) is 58.8 Å². The first-order valence-electron chi connectivity index (χ1n) is 21.2. The first-order chi connectivity index (χ1) is 32.2. The summed E-state index contributed by atoms with van der Waals surface area (Å²) in [7, 11) is 11.1. The number of amides is 4. The zero-order valence-corrected chi connectivity index (χ0v) is 38.8. The Bertz CT molecular complexity index is 2970. The topological polar surface area (TPSA) is 203 Å². The first-order valence-corrected chi connectivity index (χ1v) is 21.6. The van der Waals surface area contributed by atoms with E-state index in [4.69, 9.17) is 36.5 Å². The summed E-state index contributed by atoms with van der Waals surface area (Å²) in [5.74, 6) is 1.35. The van der Waals surface area contributed by atoms with E-state index in [0.717, 1.165) is 53.8 Å². The van der Waals surface area contributed by atoms with Crippen LogP contribution in [0.2, 0.25) is 5.02 Å². The van der Waals surface area contributed by atoms with Gasteiger partial charge in [-0.3, -0.25) is 14.6 Å². The van der Waals surface area contributed by atoms with Gasteiger partial charge in [0.1, 0.15) is 23.0 Å². The molecular weight excluding hydrogens is 874 g/mol. The van der Waals surface area contributed by atoms with Crippen LogP contribution < -0.4 is 46.1 Å². The number of para-hydroxylation sites is 1. The van der Waals surface area contributed by atoms with E-state index in [9.17, 15) is 14.4 Å². The number of anilines is 5. The molecule has 1 saturated carbocycles. The Labute approximate surface area is 392 Å². The van der Waals surface area contributed by atoms with Crippen molar-refractivity contribution < 1.29 is 28.6 Å². The average Bonchev–Trinajstić information content (AvgIpc) is 4.07. The summed E-state index contributed by atoms with van der Waals surface area (Å²) in [6, 6.07) is 23.6. The van der Waals surface area contributed by atoms with Crippen LogP contribution >= 0.6 is 11.6 Å². The number of urea groups is 1. The number of nitrogens with two attached hydrogens (primary N) is 1. The summed E-state index contributed by atoms with van der Waals surface area (Å²) in [6.45, 7) is 5.19. The van der Waals surface area contributed by atoms with Crippen LogP contribution in [0.1, 0.15) is 23.2 Å². The number of fused-ring (bicyclic) bond motifs is 2. The minimum Gasteiger partial charge on any atom is -0.496 e. The molecule has 3 aromatic heterocycles. The minimum absolute atomic E-state index is 0.224. The molecule has 0 unspecified atom stereocenters. The van der Waals surface area contributed by atoms with Crippen molar-refractivity contribution in [2.24, 2.45) is 12.8 Å². The van der Waals surface area contributed by atoms with Crippen LogP contribution in [0.15, 0.2) is 110 Å². The molecule has 8 rings (SSSR count). The summed E-state index contributed by atoms with van der Waals surface area (Å²) in [5.41, 5.74) is 11.8. The number of nitrogens with one attached hydrogen (secondary N) is 4. The van der Waals surface area contributed by atoms with Crippen molar-refractivity contribution in [3.05, 3.63) is 121 Å². The molecule has 0 spiro atoms. The molecule has 0 saturated heterocycles. The minimum atomic E-state index is -0.619. The van der Waals surface area contributed by atoms with Gasteiger partial charge >= 0.3 is 6.03 Å². The van der Waals surface area contributed by atoms with E-state index in [1.165, 1.54) is 13.2 Å². The second-order valence-corrected chi connectivity index (χ2v) is 16.3. The predicted octanol–water partition coefficient (Wildman–Crippen LogP) is 8.58. The zero-order valence-electron chi connectivity index (χ0n) is 38.0. The van der Waals surface area contributed by atoms with E-state index in [2.05, 4.69) is 70.5 Å². The number of benzene rings is 4. The molecule has 7 aromatic rings. The number of halogens is 1. The van der Waals surface area contributed by atoms with Crippen molar-refractivity contribution >= 4 is 80.0 Å². The largest absolute Gasteiger partial charge is 0.496 e. The molecule has 346 valence electrons. The number of ether oxygens (including phenoxy) is 3. The molecule has 1 aliphatic rings. The van der Waals surface area contributed by atoms with Gasteiger partial charge in [0.2, 0.25) is 11.9 Å². The van der Waals surface area contributed by atoms with Crippen molar-refractivity contribution in [1.82, 2.24) is 29.7 Å². The van der Waals surface area contributed by atoms with Gasteiger partial charge in [0.25, 0.3) is 5.91 Å². The van der Waals surface area contributed by atoms with Crippen molar-refractivity contribution in [2.75, 3.05) is 69.3 Å². The average molecular weight is 926 g/mol. The summed E-state index contributed by atoms with van der Waals surface area (Å²) in [6.07, 6.45) is 8.62. The molecular formula is C49H52ClN11O6. The van der Waals surface area contributed by atoms with Crippen LogP contribution in [0.4, 0.5) is 33.5 Å². The van der Waals surface area contributed by atoms with Crippen molar-refractivity contribution in [3.63, 3.8) is 0 Å². The van der Waals surface area contributed by atoms with Gasteiger partial charge in [0.15, 0.2) is 0 Å². The Morgan fingerprint density at radius 2 is 1.63 bits per heavy atom. The number of carbonyl (C=O) groups is 3. The maximum Gasteiger partial charge on any atom is 0.319 e. The Hall–Kier alpha value is -7.89. The first kappa shape index (κ1) is 47.1. The zero-order chi connectivity index (χ0) is 47.8. The van der Waals surface area contributed by atoms with Crippen LogP contribution in [0.5, 0.6) is 23.0 Å². The molecule has 4 amide bonds. The molecule has 0 aliphatic heterocycles. The van der Waals surface area contributed by atoms with Gasteiger partial charge in [-0.05, 0) is 75.5 Å². The Morgan fingerprint density at radius 3 is 2.33 bits per heavy atom. The maximum atomic E-state index is 12.2. The highest BCUT2D eigenvalue weighted by atomic mass is 35.5. The van der Waals surface area contributed by atoms with Gasteiger partial charge in [-0.2, -0.15) is 0 Å². The fourth-order valence-corrected chi connectivity index (χ4v) is 7.32. The quantitative estimate of drug-likeness (QED) is 0.0579. The highest BCUT2D eigenvalue weighted by molar-refractivity contribution is 6.33. The third-order valence-corrected chi connectivity index (χ3v) is 11.1. The molecule has 0 atom stereocenters. The van der Waals surface area contributed by atoms with Gasteiger partial charge in [-0.1, -0.05) is 36.4 Å². The second-order valence-electron chi connectivity index (χ2n) is 15.9. The normalized spacial score (nSPS) is 11.9. The third kappa shape index (κ3) is 11.5. The Morgan fingerprint density at radius 1 is 0.866 bits per heavy atom. The molecule has 0 bridgehead atoms. The fourth-order valence-electron chi connectivity index (χ4n) is 7.10. The highest BCUT2D eigenvalue weighted by Crippen LogP contribution is 2.39. The highest BCUT2D eigenvalue weighted by Gasteiger charge is 2.24. The molecule has 18 heteroatoms. The monoisotopic (exact) mass is 925 g/mol. The SMILES string of the molecule is C=CC(=O)Nc1cc(Nc2nccc(-c3cn(C)c4ccccc34)n2)c(OC)cc1N(C)CCN(C)C.COc1cc2nccc(Oc3ccc(NC(=O)NC4CC4)c(Cl)c3)c2cc1C(N)=O. The summed E-state index contributed by atoms with van der Waals surface area (Å²) in [4.78, 5) is 53.6. The van der Waals surface area contributed by atoms with Crippen LogP contribution in [0, 0.1) is 0 Å². The number of aromatic nitrogens is 4. The number of likely N-dealkylation sites (N-methyl/N-ethyl adjacent to an activating group) is 2. The summed E-state index contributed by atoms with van der Waals surface area (Å²) in [5, 5.41) is 13.8. The molecule has 67 heavy (non-hydrogen) atoms. The molecule has 3 heterocycles. The number of rotatable bonds is 16. The lowest BCUT2D eigenvalue weighted by Gasteiger charge is -2.26. The number of aryl methyl sites for hydroxylation is 1. The number of primary amides is 1. The molecule has 0 radical (unpaired) electrons. The van der Waals surface area contributed by atoms with E-state index in [-0.39, 0.29) is 23.5 Å². The molecule has 6 N–H and O–H groups in total. The number of carbonyl (C=O) groups excluding carboxylic acids is 3. The van der Waals surface area contributed by atoms with Crippen molar-refractivity contribution in [1.29, 1.82) is 0 Å². The van der Waals surface area contributed by atoms with Crippen LogP contribution in [0.25, 0.3) is 33.1 Å². The van der Waals surface area contributed by atoms with E-state index < -0.39 is 5.91 Å². The third-order valence-electron chi connectivity index (χ3n) is 10.7. The predicted molar refractivity (Wildman–Crippen MR) is 264 cm³/mol. The van der Waals surface area contributed by atoms with Crippen molar-refractivity contribution in [3.8, 4) is 34.3 Å². The molecule has 4 aromatic carbocycles. The lowest BCUT2D eigenvalue weighted by Crippen LogP contribution is -2.30. The van der Waals surface area contributed by atoms with Crippen LogP contribution in [-0.2, 0) is 11.8 Å². The summed E-state index contributed by atoms with van der Waals surface area (Å²) >= 11 is 6.30. The number of hydrogen-bond donors (Lipinski definition) is 5. The fraction of sp³-hybridized carbons (Fsp3) is 0.224. The number of pyridine rings is 1. The smallest absolute Gasteiger partial charge is 0.319 e. The Kier molecular flexibility index (Phi) is 14.7. The van der Waals surface area contributed by atoms with E-state index in [0.29, 0.717) is 61.9 Å². The Balaban J connectivity index is 0.000000203. The van der Waals surface area contributed by atoms with Crippen molar-refractivity contribution in [2.45, 2.75) is 18.9 Å². The molecule has 1 fully saturated rings. The second kappa shape index (κ2) is 21.0. The van der Waals surface area contributed by atoms with E-state index in [1.54, 1.807) is 55.9 Å².